The third-order valence-electron chi connectivity index (χ3n) is 5.35. The van der Waals surface area contributed by atoms with Crippen LogP contribution in [0.1, 0.15) is 46.5 Å². The van der Waals surface area contributed by atoms with Gasteiger partial charge in [0, 0.05) is 37.3 Å². The lowest BCUT2D eigenvalue weighted by Crippen LogP contribution is -2.42. The van der Waals surface area contributed by atoms with Gasteiger partial charge < -0.3 is 14.5 Å². The number of anilines is 1. The van der Waals surface area contributed by atoms with Crippen LogP contribution in [0.15, 0.2) is 24.3 Å². The maximum atomic E-state index is 13.1. The first kappa shape index (κ1) is 18.7. The van der Waals surface area contributed by atoms with Gasteiger partial charge in [0.05, 0.1) is 13.0 Å². The number of rotatable bonds is 4. The molecule has 2 heterocycles. The third kappa shape index (κ3) is 4.02. The standard InChI is InChI=1S/C21H30N2O3/c1-21(2,3)13-17-8-6-10-22(17)20(25)15-11-19(24)23(14-15)16-7-5-9-18(12-16)26-4/h5,7,9,12,15,17H,6,8,10-11,13-14H2,1-4H3. The van der Waals surface area contributed by atoms with Crippen molar-refractivity contribution >= 4 is 17.5 Å². The Kier molecular flexibility index (Phi) is 5.26. The average Bonchev–Trinajstić information content (AvgIpc) is 3.19. The molecule has 0 radical (unpaired) electrons. The van der Waals surface area contributed by atoms with E-state index in [1.54, 1.807) is 12.0 Å². The molecule has 2 atom stereocenters. The second-order valence-electron chi connectivity index (χ2n) is 8.70. The maximum Gasteiger partial charge on any atom is 0.228 e. The molecule has 1 aromatic carbocycles. The molecule has 0 aromatic heterocycles. The molecule has 0 bridgehead atoms. The maximum absolute atomic E-state index is 13.1. The van der Waals surface area contributed by atoms with Crippen LogP contribution in [0, 0.1) is 11.3 Å². The number of hydrogen-bond acceptors (Lipinski definition) is 3. The normalized spacial score (nSPS) is 23.6. The molecule has 2 aliphatic heterocycles. The van der Waals surface area contributed by atoms with Crippen LogP contribution in [0.4, 0.5) is 5.69 Å². The Balaban J connectivity index is 1.70. The number of ether oxygens (including phenoxy) is 1. The molecule has 2 saturated heterocycles. The third-order valence-corrected chi connectivity index (χ3v) is 5.35. The molecule has 5 heteroatoms. The summed E-state index contributed by atoms with van der Waals surface area (Å²) in [5.41, 5.74) is 1.00. The minimum Gasteiger partial charge on any atom is -0.497 e. The van der Waals surface area contributed by atoms with Crippen molar-refractivity contribution in [3.05, 3.63) is 24.3 Å². The van der Waals surface area contributed by atoms with Crippen LogP contribution in [0.25, 0.3) is 0 Å². The van der Waals surface area contributed by atoms with Crippen molar-refractivity contribution in [2.75, 3.05) is 25.1 Å². The smallest absolute Gasteiger partial charge is 0.228 e. The van der Waals surface area contributed by atoms with E-state index in [0.29, 0.717) is 19.0 Å². The van der Waals surface area contributed by atoms with Gasteiger partial charge in [-0.1, -0.05) is 26.8 Å². The van der Waals surface area contributed by atoms with Crippen molar-refractivity contribution in [3.63, 3.8) is 0 Å². The predicted octanol–water partition coefficient (Wildman–Crippen LogP) is 3.48. The van der Waals surface area contributed by atoms with Crippen LogP contribution < -0.4 is 9.64 Å². The predicted molar refractivity (Wildman–Crippen MR) is 102 cm³/mol. The first-order chi connectivity index (χ1) is 12.3. The quantitative estimate of drug-likeness (QED) is 0.828. The fourth-order valence-electron chi connectivity index (χ4n) is 4.18. The largest absolute Gasteiger partial charge is 0.497 e. The summed E-state index contributed by atoms with van der Waals surface area (Å²) >= 11 is 0. The summed E-state index contributed by atoms with van der Waals surface area (Å²) in [5, 5.41) is 0. The number of benzene rings is 1. The Morgan fingerprint density at radius 2 is 2.08 bits per heavy atom. The highest BCUT2D eigenvalue weighted by Crippen LogP contribution is 2.33. The molecule has 0 aliphatic carbocycles. The second-order valence-corrected chi connectivity index (χ2v) is 8.70. The van der Waals surface area contributed by atoms with Gasteiger partial charge in [-0.3, -0.25) is 9.59 Å². The molecule has 2 fully saturated rings. The summed E-state index contributed by atoms with van der Waals surface area (Å²) in [4.78, 5) is 29.4. The summed E-state index contributed by atoms with van der Waals surface area (Å²) in [6, 6.07) is 7.78. The van der Waals surface area contributed by atoms with Gasteiger partial charge in [-0.05, 0) is 36.8 Å². The first-order valence-corrected chi connectivity index (χ1v) is 9.53. The molecule has 2 aliphatic rings. The summed E-state index contributed by atoms with van der Waals surface area (Å²) in [7, 11) is 1.61. The molecule has 5 nitrogen and oxygen atoms in total. The van der Waals surface area contributed by atoms with Crippen molar-refractivity contribution in [1.29, 1.82) is 0 Å². The number of carbonyl (C=O) groups excluding carboxylic acids is 2. The van der Waals surface area contributed by atoms with Crippen LogP contribution >= 0.6 is 0 Å². The molecule has 0 spiro atoms. The Morgan fingerprint density at radius 1 is 1.31 bits per heavy atom. The van der Waals surface area contributed by atoms with E-state index in [0.717, 1.165) is 37.2 Å². The summed E-state index contributed by atoms with van der Waals surface area (Å²) in [6.07, 6.45) is 3.45. The van der Waals surface area contributed by atoms with E-state index < -0.39 is 0 Å². The second kappa shape index (κ2) is 7.29. The molecular weight excluding hydrogens is 328 g/mol. The van der Waals surface area contributed by atoms with Gasteiger partial charge in [0.2, 0.25) is 11.8 Å². The molecule has 2 unspecified atom stereocenters. The van der Waals surface area contributed by atoms with Crippen LogP contribution in [0.5, 0.6) is 5.75 Å². The van der Waals surface area contributed by atoms with Crippen molar-refractivity contribution in [1.82, 2.24) is 4.90 Å². The number of likely N-dealkylation sites (tertiary alicyclic amines) is 1. The van der Waals surface area contributed by atoms with Gasteiger partial charge >= 0.3 is 0 Å². The highest BCUT2D eigenvalue weighted by molar-refractivity contribution is 6.00. The van der Waals surface area contributed by atoms with Crippen molar-refractivity contribution in [2.45, 2.75) is 52.5 Å². The van der Waals surface area contributed by atoms with Crippen LogP contribution in [-0.2, 0) is 9.59 Å². The molecule has 26 heavy (non-hydrogen) atoms. The zero-order valence-electron chi connectivity index (χ0n) is 16.3. The minimum atomic E-state index is -0.241. The van der Waals surface area contributed by atoms with E-state index in [2.05, 4.69) is 20.8 Å². The fraction of sp³-hybridized carbons (Fsp3) is 0.619. The molecule has 1 aromatic rings. The monoisotopic (exact) mass is 358 g/mol. The average molecular weight is 358 g/mol. The molecule has 0 N–H and O–H groups in total. The highest BCUT2D eigenvalue weighted by Gasteiger charge is 2.40. The minimum absolute atomic E-state index is 0.0168. The van der Waals surface area contributed by atoms with E-state index in [9.17, 15) is 9.59 Å². The SMILES string of the molecule is COc1cccc(N2CC(C(=O)N3CCCC3CC(C)(C)C)CC2=O)c1. The Labute approximate surface area is 156 Å². The number of amides is 2. The van der Waals surface area contributed by atoms with E-state index in [4.69, 9.17) is 4.74 Å². The van der Waals surface area contributed by atoms with Crippen molar-refractivity contribution in [3.8, 4) is 5.75 Å². The molecule has 142 valence electrons. The molecule has 2 amide bonds. The van der Waals surface area contributed by atoms with Gasteiger partial charge in [-0.15, -0.1) is 0 Å². The Hall–Kier alpha value is -2.04. The molecular formula is C21H30N2O3. The van der Waals surface area contributed by atoms with E-state index in [1.165, 1.54) is 0 Å². The van der Waals surface area contributed by atoms with Gasteiger partial charge in [0.25, 0.3) is 0 Å². The van der Waals surface area contributed by atoms with Crippen molar-refractivity contribution < 1.29 is 14.3 Å². The van der Waals surface area contributed by atoms with E-state index in [1.807, 2.05) is 29.2 Å². The lowest BCUT2D eigenvalue weighted by molar-refractivity contribution is -0.137. The van der Waals surface area contributed by atoms with Crippen LogP contribution in [0.2, 0.25) is 0 Å². The Bertz CT molecular complexity index is 680. The molecule has 3 rings (SSSR count). The van der Waals surface area contributed by atoms with Gasteiger partial charge in [-0.25, -0.2) is 0 Å². The van der Waals surface area contributed by atoms with Gasteiger partial charge in [-0.2, -0.15) is 0 Å². The van der Waals surface area contributed by atoms with Crippen LogP contribution in [-0.4, -0.2) is 43.0 Å². The van der Waals surface area contributed by atoms with E-state index in [-0.39, 0.29) is 23.1 Å². The lowest BCUT2D eigenvalue weighted by atomic mass is 9.87. The van der Waals surface area contributed by atoms with E-state index >= 15 is 0 Å². The zero-order valence-corrected chi connectivity index (χ0v) is 16.3. The van der Waals surface area contributed by atoms with Gasteiger partial charge in [0.1, 0.15) is 5.75 Å². The fourth-order valence-corrected chi connectivity index (χ4v) is 4.18. The van der Waals surface area contributed by atoms with Gasteiger partial charge in [0.15, 0.2) is 0 Å². The van der Waals surface area contributed by atoms with Crippen molar-refractivity contribution in [2.24, 2.45) is 11.3 Å². The zero-order chi connectivity index (χ0) is 18.9. The summed E-state index contributed by atoms with van der Waals surface area (Å²) in [5.74, 6) is 0.641. The number of methoxy groups -OCH3 is 1. The van der Waals surface area contributed by atoms with Crippen LogP contribution in [0.3, 0.4) is 0 Å². The number of carbonyl (C=O) groups is 2. The number of hydrogen-bond donors (Lipinski definition) is 0. The first-order valence-electron chi connectivity index (χ1n) is 9.53. The Morgan fingerprint density at radius 3 is 2.77 bits per heavy atom. The molecule has 0 saturated carbocycles. The highest BCUT2D eigenvalue weighted by atomic mass is 16.5. The number of nitrogens with zero attached hydrogens (tertiary/aromatic N) is 2. The topological polar surface area (TPSA) is 49.9 Å². The summed E-state index contributed by atoms with van der Waals surface area (Å²) in [6.45, 7) is 7.94. The summed E-state index contributed by atoms with van der Waals surface area (Å²) < 4.78 is 5.25. The lowest BCUT2D eigenvalue weighted by Gasteiger charge is -2.32.